The number of benzene rings is 4. The fourth-order valence-corrected chi connectivity index (χ4v) is 4.14. The lowest BCUT2D eigenvalue weighted by Crippen LogP contribution is -2.32. The minimum atomic E-state index is -0.656. The molecule has 0 saturated carbocycles. The van der Waals surface area contributed by atoms with Crippen molar-refractivity contribution in [1.82, 2.24) is 10.7 Å². The molecule has 4 aromatic carbocycles. The average Bonchev–Trinajstić information content (AvgIpc) is 3.51. The number of nitrogens with one attached hydrogen (secondary N) is 2. The number of hydrazone groups is 1. The minimum absolute atomic E-state index is 0.0387. The van der Waals surface area contributed by atoms with Gasteiger partial charge in [-0.05, 0) is 85.6 Å². The van der Waals surface area contributed by atoms with Gasteiger partial charge in [0.1, 0.15) is 5.70 Å². The summed E-state index contributed by atoms with van der Waals surface area (Å²) in [6, 6.07) is 25.6. The van der Waals surface area contributed by atoms with E-state index < -0.39 is 17.8 Å². The summed E-state index contributed by atoms with van der Waals surface area (Å²) in [5, 5.41) is 6.73. The molecule has 0 saturated heterocycles. The highest BCUT2D eigenvalue weighted by atomic mass is 16.7. The number of nitrogens with zero attached hydrogens (tertiary/aromatic N) is 1. The van der Waals surface area contributed by atoms with Gasteiger partial charge in [-0.15, -0.1) is 0 Å². The fraction of sp³-hybridized carbons (Fsp3) is 0.118. The highest BCUT2D eigenvalue weighted by Crippen LogP contribution is 2.33. The second-order valence-corrected chi connectivity index (χ2v) is 9.58. The van der Waals surface area contributed by atoms with Gasteiger partial charge in [0, 0.05) is 5.56 Å². The normalized spacial score (nSPS) is 12.1. The molecule has 1 heterocycles. The first-order valence-corrected chi connectivity index (χ1v) is 13.8. The molecule has 10 nitrogen and oxygen atoms in total. The van der Waals surface area contributed by atoms with Crippen LogP contribution in [0.1, 0.15) is 44.3 Å². The third-order valence-electron chi connectivity index (χ3n) is 6.37. The van der Waals surface area contributed by atoms with Crippen molar-refractivity contribution in [3.63, 3.8) is 0 Å². The van der Waals surface area contributed by atoms with E-state index in [0.29, 0.717) is 46.1 Å². The van der Waals surface area contributed by atoms with E-state index in [1.807, 2.05) is 26.0 Å². The Labute approximate surface area is 253 Å². The molecule has 2 amide bonds. The number of rotatable bonds is 10. The van der Waals surface area contributed by atoms with Crippen LogP contribution >= 0.6 is 0 Å². The molecular weight excluding hydrogens is 562 g/mol. The molecular formula is C34H29N3O7. The van der Waals surface area contributed by atoms with E-state index in [0.717, 1.165) is 5.56 Å². The largest absolute Gasteiger partial charge is 0.490 e. The monoisotopic (exact) mass is 591 g/mol. The highest BCUT2D eigenvalue weighted by Gasteiger charge is 2.17. The summed E-state index contributed by atoms with van der Waals surface area (Å²) in [5.74, 6) is 0.0695. The number of fused-ring (bicyclic) bond motifs is 1. The number of hydrogen-bond acceptors (Lipinski definition) is 8. The second kappa shape index (κ2) is 13.8. The van der Waals surface area contributed by atoms with Crippen molar-refractivity contribution in [3.8, 4) is 23.0 Å². The van der Waals surface area contributed by atoms with E-state index in [1.165, 1.54) is 12.3 Å². The summed E-state index contributed by atoms with van der Waals surface area (Å²) >= 11 is 0. The van der Waals surface area contributed by atoms with E-state index in [4.69, 9.17) is 18.9 Å². The van der Waals surface area contributed by atoms with Gasteiger partial charge in [-0.2, -0.15) is 5.10 Å². The van der Waals surface area contributed by atoms with Crippen molar-refractivity contribution >= 4 is 30.1 Å². The van der Waals surface area contributed by atoms with Gasteiger partial charge in [0.2, 0.25) is 6.79 Å². The molecule has 0 atom stereocenters. The van der Waals surface area contributed by atoms with Crippen LogP contribution in [0, 0.1) is 6.92 Å². The topological polar surface area (TPSA) is 125 Å². The number of ether oxygens (including phenoxy) is 4. The lowest BCUT2D eigenvalue weighted by Gasteiger charge is -2.12. The van der Waals surface area contributed by atoms with Crippen LogP contribution in [0.4, 0.5) is 0 Å². The van der Waals surface area contributed by atoms with E-state index in [9.17, 15) is 14.4 Å². The molecule has 44 heavy (non-hydrogen) atoms. The van der Waals surface area contributed by atoms with Crippen molar-refractivity contribution in [2.75, 3.05) is 13.4 Å². The lowest BCUT2D eigenvalue weighted by molar-refractivity contribution is -0.117. The molecule has 222 valence electrons. The SMILES string of the molecule is CCOc1cc(/C=N\NC(=O)/C(=C\c2ccc3c(c2)OCO3)NC(=O)c2ccccc2)ccc1OC(=O)c1ccc(C)cc1. The number of carbonyl (C=O) groups excluding carboxylic acids is 3. The van der Waals surface area contributed by atoms with E-state index in [2.05, 4.69) is 15.8 Å². The molecule has 0 aliphatic carbocycles. The molecule has 0 aromatic heterocycles. The Bertz CT molecular complexity index is 1730. The fourth-order valence-electron chi connectivity index (χ4n) is 4.14. The van der Waals surface area contributed by atoms with E-state index in [-0.39, 0.29) is 18.2 Å². The van der Waals surface area contributed by atoms with Gasteiger partial charge in [-0.3, -0.25) is 9.59 Å². The van der Waals surface area contributed by atoms with Crippen LogP contribution in [0.5, 0.6) is 23.0 Å². The maximum atomic E-state index is 13.2. The zero-order valence-electron chi connectivity index (χ0n) is 24.0. The number of aryl methyl sites for hydroxylation is 1. The minimum Gasteiger partial charge on any atom is -0.490 e. The summed E-state index contributed by atoms with van der Waals surface area (Å²) in [4.78, 5) is 38.7. The van der Waals surface area contributed by atoms with Crippen molar-refractivity contribution in [2.24, 2.45) is 5.10 Å². The first-order chi connectivity index (χ1) is 21.4. The van der Waals surface area contributed by atoms with Gasteiger partial charge < -0.3 is 24.3 Å². The van der Waals surface area contributed by atoms with Crippen molar-refractivity contribution in [2.45, 2.75) is 13.8 Å². The van der Waals surface area contributed by atoms with Crippen LogP contribution in [-0.4, -0.2) is 37.4 Å². The number of hydrogen-bond donors (Lipinski definition) is 2. The van der Waals surface area contributed by atoms with Crippen molar-refractivity contribution < 1.29 is 33.3 Å². The summed E-state index contributed by atoms with van der Waals surface area (Å²) in [6.07, 6.45) is 2.92. The third kappa shape index (κ3) is 7.48. The van der Waals surface area contributed by atoms with Crippen LogP contribution in [0.25, 0.3) is 6.08 Å². The molecule has 10 heteroatoms. The van der Waals surface area contributed by atoms with Crippen LogP contribution < -0.4 is 29.7 Å². The van der Waals surface area contributed by atoms with Gasteiger partial charge in [-0.1, -0.05) is 42.0 Å². The first-order valence-electron chi connectivity index (χ1n) is 13.8. The molecule has 5 rings (SSSR count). The predicted octanol–water partition coefficient (Wildman–Crippen LogP) is 5.26. The second-order valence-electron chi connectivity index (χ2n) is 9.58. The van der Waals surface area contributed by atoms with Gasteiger partial charge in [0.25, 0.3) is 11.8 Å². The third-order valence-corrected chi connectivity index (χ3v) is 6.37. The van der Waals surface area contributed by atoms with Crippen LogP contribution in [0.15, 0.2) is 102 Å². The highest BCUT2D eigenvalue weighted by molar-refractivity contribution is 6.05. The molecule has 1 aliphatic rings. The van der Waals surface area contributed by atoms with Gasteiger partial charge in [0.15, 0.2) is 23.0 Å². The first kappa shape index (κ1) is 29.6. The molecule has 2 N–H and O–H groups in total. The zero-order valence-corrected chi connectivity index (χ0v) is 24.0. The summed E-state index contributed by atoms with van der Waals surface area (Å²) in [6.45, 7) is 4.19. The molecule has 1 aliphatic heterocycles. The Morgan fingerprint density at radius 3 is 2.36 bits per heavy atom. The maximum absolute atomic E-state index is 13.2. The van der Waals surface area contributed by atoms with E-state index >= 15 is 0 Å². The zero-order chi connectivity index (χ0) is 30.9. The average molecular weight is 592 g/mol. The standard InChI is InChI=1S/C34H29N3O7/c1-3-41-31-19-24(12-16-29(31)44-34(40)26-13-9-22(2)10-14-26)20-35-37-33(39)27(36-32(38)25-7-5-4-6-8-25)17-23-11-15-28-30(18-23)43-21-42-28/h4-20H,3,21H2,1-2H3,(H,36,38)(H,37,39)/b27-17+,35-20-. The van der Waals surface area contributed by atoms with Crippen molar-refractivity contribution in [3.05, 3.63) is 125 Å². The lowest BCUT2D eigenvalue weighted by atomic mass is 10.1. The Hall–Kier alpha value is -5.90. The maximum Gasteiger partial charge on any atom is 0.343 e. The van der Waals surface area contributed by atoms with Gasteiger partial charge in [0.05, 0.1) is 18.4 Å². The summed E-state index contributed by atoms with van der Waals surface area (Å²) < 4.78 is 22.0. The summed E-state index contributed by atoms with van der Waals surface area (Å²) in [7, 11) is 0. The predicted molar refractivity (Wildman–Crippen MR) is 164 cm³/mol. The molecule has 0 bridgehead atoms. The Kier molecular flexibility index (Phi) is 9.31. The summed E-state index contributed by atoms with van der Waals surface area (Å²) in [5.41, 5.74) is 5.41. The van der Waals surface area contributed by atoms with E-state index in [1.54, 1.807) is 78.9 Å². The Morgan fingerprint density at radius 2 is 1.59 bits per heavy atom. The molecule has 0 radical (unpaired) electrons. The van der Waals surface area contributed by atoms with Crippen LogP contribution in [0.2, 0.25) is 0 Å². The Morgan fingerprint density at radius 1 is 0.841 bits per heavy atom. The van der Waals surface area contributed by atoms with Crippen molar-refractivity contribution in [1.29, 1.82) is 0 Å². The number of esters is 1. The van der Waals surface area contributed by atoms with Crippen LogP contribution in [0.3, 0.4) is 0 Å². The Balaban J connectivity index is 1.31. The quantitative estimate of drug-likeness (QED) is 0.0847. The molecule has 0 fully saturated rings. The molecule has 4 aromatic rings. The number of amides is 2. The molecule has 0 spiro atoms. The number of carbonyl (C=O) groups is 3. The van der Waals surface area contributed by atoms with Gasteiger partial charge >= 0.3 is 5.97 Å². The van der Waals surface area contributed by atoms with Gasteiger partial charge in [-0.25, -0.2) is 10.2 Å². The smallest absolute Gasteiger partial charge is 0.343 e. The van der Waals surface area contributed by atoms with Crippen LogP contribution in [-0.2, 0) is 4.79 Å². The molecule has 0 unspecified atom stereocenters.